The van der Waals surface area contributed by atoms with Crippen LogP contribution in [-0.2, 0) is 11.2 Å². The molecule has 1 aliphatic carbocycles. The summed E-state index contributed by atoms with van der Waals surface area (Å²) in [6.07, 6.45) is 3.27. The zero-order chi connectivity index (χ0) is 22.1. The second kappa shape index (κ2) is 9.03. The minimum absolute atomic E-state index is 0.705. The number of hydrogen-bond donors (Lipinski definition) is 0. The number of piperazine rings is 1. The normalized spacial score (nSPS) is 19.5. The lowest BCUT2D eigenvalue weighted by Gasteiger charge is -2.34. The van der Waals surface area contributed by atoms with Crippen LogP contribution in [0.3, 0.4) is 0 Å². The van der Waals surface area contributed by atoms with Gasteiger partial charge in [0.25, 0.3) is 0 Å². The second-order valence-electron chi connectivity index (χ2n) is 9.18. The molecule has 2 aliphatic heterocycles. The minimum atomic E-state index is 0.705. The van der Waals surface area contributed by atoms with Crippen LogP contribution in [0.5, 0.6) is 0 Å². The molecule has 2 aromatic rings. The van der Waals surface area contributed by atoms with Crippen molar-refractivity contribution in [3.63, 3.8) is 0 Å². The van der Waals surface area contributed by atoms with Crippen molar-refractivity contribution >= 4 is 11.8 Å². The number of morpholine rings is 1. The van der Waals surface area contributed by atoms with Crippen molar-refractivity contribution in [2.45, 2.75) is 13.3 Å². The van der Waals surface area contributed by atoms with Gasteiger partial charge in [0.15, 0.2) is 0 Å². The molecular weight excluding hydrogens is 398 g/mol. The number of nitrogens with zero attached hydrogens (tertiary/aromatic N) is 5. The van der Waals surface area contributed by atoms with Gasteiger partial charge in [-0.3, -0.25) is 9.88 Å². The number of aryl methyl sites for hydroxylation is 1. The molecule has 0 amide bonds. The van der Waals surface area contributed by atoms with Gasteiger partial charge in [-0.25, -0.2) is 0 Å². The number of anilines is 1. The molecule has 32 heavy (non-hydrogen) atoms. The number of nitriles is 1. The van der Waals surface area contributed by atoms with E-state index in [-0.39, 0.29) is 0 Å². The molecule has 0 bridgehead atoms. The molecule has 0 N–H and O–H groups in total. The van der Waals surface area contributed by atoms with Crippen molar-refractivity contribution in [2.24, 2.45) is 0 Å². The SMILES string of the molecule is Cc1cc2c(c(-c3ccc(N4CCN(C)CC4)cc3C#N)n1)C=C(CN1CCOCC1)C2. The van der Waals surface area contributed by atoms with E-state index in [1.54, 1.807) is 0 Å². The van der Waals surface area contributed by atoms with Crippen LogP contribution in [0.25, 0.3) is 17.3 Å². The van der Waals surface area contributed by atoms with Crippen molar-refractivity contribution in [3.05, 3.63) is 52.2 Å². The van der Waals surface area contributed by atoms with E-state index in [9.17, 15) is 5.26 Å². The first-order valence-corrected chi connectivity index (χ1v) is 11.6. The van der Waals surface area contributed by atoms with Crippen LogP contribution in [0.15, 0.2) is 29.8 Å². The van der Waals surface area contributed by atoms with Crippen molar-refractivity contribution < 1.29 is 4.74 Å². The first-order valence-electron chi connectivity index (χ1n) is 11.6. The summed E-state index contributed by atoms with van der Waals surface area (Å²) in [7, 11) is 2.16. The lowest BCUT2D eigenvalue weighted by molar-refractivity contribution is 0.0422. The Hall–Kier alpha value is -2.72. The maximum atomic E-state index is 9.99. The number of rotatable bonds is 4. The van der Waals surface area contributed by atoms with Gasteiger partial charge in [0.2, 0.25) is 0 Å². The van der Waals surface area contributed by atoms with E-state index >= 15 is 0 Å². The maximum Gasteiger partial charge on any atom is 0.0999 e. The van der Waals surface area contributed by atoms with Gasteiger partial charge in [-0.05, 0) is 50.2 Å². The molecule has 3 aliphatic rings. The lowest BCUT2D eigenvalue weighted by Crippen LogP contribution is -2.44. The van der Waals surface area contributed by atoms with E-state index < -0.39 is 0 Å². The minimum Gasteiger partial charge on any atom is -0.379 e. The summed E-state index contributed by atoms with van der Waals surface area (Å²) in [6, 6.07) is 11.0. The summed E-state index contributed by atoms with van der Waals surface area (Å²) in [5.74, 6) is 0. The number of benzene rings is 1. The van der Waals surface area contributed by atoms with Crippen molar-refractivity contribution in [1.29, 1.82) is 5.26 Å². The highest BCUT2D eigenvalue weighted by molar-refractivity contribution is 5.82. The fraction of sp³-hybridized carbons (Fsp3) is 0.462. The molecule has 0 saturated carbocycles. The summed E-state index contributed by atoms with van der Waals surface area (Å²) in [4.78, 5) is 12.1. The number of likely N-dealkylation sites (N-methyl/N-ethyl adjacent to an activating group) is 1. The Labute approximate surface area is 190 Å². The van der Waals surface area contributed by atoms with Crippen LogP contribution in [0.1, 0.15) is 22.4 Å². The Morgan fingerprint density at radius 1 is 1.06 bits per heavy atom. The summed E-state index contributed by atoms with van der Waals surface area (Å²) in [5.41, 5.74) is 8.65. The largest absolute Gasteiger partial charge is 0.379 e. The zero-order valence-electron chi connectivity index (χ0n) is 19.1. The van der Waals surface area contributed by atoms with E-state index in [1.807, 2.05) is 13.0 Å². The Bertz CT molecular complexity index is 1070. The highest BCUT2D eigenvalue weighted by Gasteiger charge is 2.23. The number of aromatic nitrogens is 1. The van der Waals surface area contributed by atoms with Gasteiger partial charge >= 0.3 is 0 Å². The van der Waals surface area contributed by atoms with Crippen LogP contribution < -0.4 is 4.90 Å². The average Bonchev–Trinajstić information content (AvgIpc) is 3.21. The maximum absolute atomic E-state index is 9.99. The van der Waals surface area contributed by atoms with Crippen LogP contribution in [0.2, 0.25) is 0 Å². The Balaban J connectivity index is 1.46. The predicted octanol–water partition coefficient (Wildman–Crippen LogP) is 2.95. The number of hydrogen-bond acceptors (Lipinski definition) is 6. The summed E-state index contributed by atoms with van der Waals surface area (Å²) in [5, 5.41) is 9.99. The molecule has 5 rings (SSSR count). The van der Waals surface area contributed by atoms with Gasteiger partial charge in [-0.15, -0.1) is 0 Å². The molecule has 2 saturated heterocycles. The van der Waals surface area contributed by atoms with Gasteiger partial charge in [0.1, 0.15) is 0 Å². The Morgan fingerprint density at radius 3 is 2.59 bits per heavy atom. The number of ether oxygens (including phenoxy) is 1. The van der Waals surface area contributed by atoms with Crippen LogP contribution >= 0.6 is 0 Å². The molecular formula is C26H31N5O. The molecule has 3 heterocycles. The first-order chi connectivity index (χ1) is 15.6. The third-order valence-corrected chi connectivity index (χ3v) is 6.82. The number of pyridine rings is 1. The highest BCUT2D eigenvalue weighted by Crippen LogP contribution is 2.36. The highest BCUT2D eigenvalue weighted by atomic mass is 16.5. The number of fused-ring (bicyclic) bond motifs is 1. The van der Waals surface area contributed by atoms with Gasteiger partial charge in [-0.2, -0.15) is 5.26 Å². The quantitative estimate of drug-likeness (QED) is 0.745. The summed E-state index contributed by atoms with van der Waals surface area (Å²) in [6.45, 7) is 10.7. The van der Waals surface area contributed by atoms with Gasteiger partial charge < -0.3 is 14.5 Å². The molecule has 2 fully saturated rings. The fourth-order valence-electron chi connectivity index (χ4n) is 5.00. The van der Waals surface area contributed by atoms with E-state index in [2.05, 4.69) is 52.1 Å². The first kappa shape index (κ1) is 21.1. The molecule has 0 radical (unpaired) electrons. The molecule has 0 atom stereocenters. The summed E-state index contributed by atoms with van der Waals surface area (Å²) >= 11 is 0. The monoisotopic (exact) mass is 429 g/mol. The molecule has 1 aromatic carbocycles. The Kier molecular flexibility index (Phi) is 5.97. The summed E-state index contributed by atoms with van der Waals surface area (Å²) < 4.78 is 5.50. The fourth-order valence-corrected chi connectivity index (χ4v) is 5.00. The third kappa shape index (κ3) is 4.29. The van der Waals surface area contributed by atoms with Gasteiger partial charge in [-0.1, -0.05) is 11.6 Å². The van der Waals surface area contributed by atoms with Crippen molar-refractivity contribution in [3.8, 4) is 17.3 Å². The smallest absolute Gasteiger partial charge is 0.0999 e. The van der Waals surface area contributed by atoms with Crippen molar-refractivity contribution in [2.75, 3.05) is 71.0 Å². The van der Waals surface area contributed by atoms with Crippen LogP contribution in [0.4, 0.5) is 5.69 Å². The molecule has 166 valence electrons. The van der Waals surface area contributed by atoms with Crippen molar-refractivity contribution in [1.82, 2.24) is 14.8 Å². The van der Waals surface area contributed by atoms with E-state index in [1.165, 1.54) is 16.7 Å². The third-order valence-electron chi connectivity index (χ3n) is 6.82. The molecule has 6 nitrogen and oxygen atoms in total. The lowest BCUT2D eigenvalue weighted by atomic mass is 9.97. The Morgan fingerprint density at radius 2 is 1.84 bits per heavy atom. The standard InChI is InChI=1S/C26H31N5O/c1-19-13-21-14-20(18-30-9-11-32-12-10-30)15-25(21)26(28-19)24-4-3-23(16-22(24)17-27)31-7-5-29(2)6-8-31/h3-4,13,15-16H,5-12,14,18H2,1-2H3. The molecule has 1 aromatic heterocycles. The molecule has 6 heteroatoms. The molecule has 0 spiro atoms. The van der Waals surface area contributed by atoms with Crippen LogP contribution in [-0.4, -0.2) is 80.9 Å². The van der Waals surface area contributed by atoms with Gasteiger partial charge in [0, 0.05) is 68.3 Å². The predicted molar refractivity (Wildman–Crippen MR) is 128 cm³/mol. The van der Waals surface area contributed by atoms with E-state index in [4.69, 9.17) is 9.72 Å². The average molecular weight is 430 g/mol. The zero-order valence-corrected chi connectivity index (χ0v) is 19.1. The van der Waals surface area contributed by atoms with Gasteiger partial charge in [0.05, 0.1) is 30.5 Å². The molecule has 0 unspecified atom stereocenters. The topological polar surface area (TPSA) is 55.6 Å². The van der Waals surface area contributed by atoms with Crippen LogP contribution in [0, 0.1) is 18.3 Å². The second-order valence-corrected chi connectivity index (χ2v) is 9.18. The van der Waals surface area contributed by atoms with E-state index in [0.717, 1.165) is 88.1 Å². The van der Waals surface area contributed by atoms with E-state index in [0.29, 0.717) is 5.56 Å².